The predicted octanol–water partition coefficient (Wildman–Crippen LogP) is 2.33. The number of benzene rings is 1. The molecule has 6 heteroatoms. The summed E-state index contributed by atoms with van der Waals surface area (Å²) in [4.78, 5) is 0. The molecule has 0 aliphatic carbocycles. The highest BCUT2D eigenvalue weighted by molar-refractivity contribution is 5.55. The number of fused-ring (bicyclic) bond motifs is 1. The van der Waals surface area contributed by atoms with Gasteiger partial charge in [-0.15, -0.1) is 5.10 Å². The van der Waals surface area contributed by atoms with Gasteiger partial charge in [-0.1, -0.05) is 12.1 Å². The second-order valence-corrected chi connectivity index (χ2v) is 5.00. The van der Waals surface area contributed by atoms with E-state index in [-0.39, 0.29) is 11.8 Å². The van der Waals surface area contributed by atoms with Crippen molar-refractivity contribution in [2.45, 2.75) is 19.8 Å². The van der Waals surface area contributed by atoms with Crippen LogP contribution in [-0.4, -0.2) is 16.8 Å². The van der Waals surface area contributed by atoms with Crippen LogP contribution in [0.25, 0.3) is 0 Å². The number of aromatic amines is 1. The first-order chi connectivity index (χ1) is 10.7. The lowest BCUT2D eigenvalue weighted by Crippen LogP contribution is -2.21. The summed E-state index contributed by atoms with van der Waals surface area (Å²) >= 11 is 0. The zero-order valence-electron chi connectivity index (χ0n) is 12.4. The van der Waals surface area contributed by atoms with Gasteiger partial charge in [0.15, 0.2) is 0 Å². The second kappa shape index (κ2) is 5.45. The maximum atomic E-state index is 9.49. The smallest absolute Gasteiger partial charge is 0.244 e. The molecule has 2 aromatic rings. The first-order valence-corrected chi connectivity index (χ1v) is 7.01. The Morgan fingerprint density at radius 2 is 2.32 bits per heavy atom. The van der Waals surface area contributed by atoms with Gasteiger partial charge in [0, 0.05) is 11.3 Å². The van der Waals surface area contributed by atoms with Crippen LogP contribution in [0.3, 0.4) is 0 Å². The van der Waals surface area contributed by atoms with Crippen LogP contribution >= 0.6 is 0 Å². The minimum absolute atomic E-state index is 0.0910. The molecule has 0 saturated carbocycles. The third kappa shape index (κ3) is 2.17. The van der Waals surface area contributed by atoms with Crippen LogP contribution in [0.2, 0.25) is 0 Å². The van der Waals surface area contributed by atoms with Crippen LogP contribution < -0.4 is 15.2 Å². The van der Waals surface area contributed by atoms with Gasteiger partial charge in [0.25, 0.3) is 0 Å². The number of hydrogen-bond donors (Lipinski definition) is 2. The SMILES string of the molecule is CCOc1cccc([C@@H]2C(C#N)=C(N)Oc3n[nH]c(C)c32)c1. The molecule has 0 unspecified atom stereocenters. The fourth-order valence-electron chi connectivity index (χ4n) is 2.68. The number of hydrogen-bond acceptors (Lipinski definition) is 5. The number of aromatic nitrogens is 2. The van der Waals surface area contributed by atoms with Crippen molar-refractivity contribution in [1.82, 2.24) is 10.2 Å². The van der Waals surface area contributed by atoms with Crippen molar-refractivity contribution >= 4 is 0 Å². The Morgan fingerprint density at radius 3 is 3.05 bits per heavy atom. The van der Waals surface area contributed by atoms with Crippen LogP contribution in [0.15, 0.2) is 35.7 Å². The van der Waals surface area contributed by atoms with E-state index in [0.29, 0.717) is 18.1 Å². The summed E-state index contributed by atoms with van der Waals surface area (Å²) in [6, 6.07) is 9.80. The highest BCUT2D eigenvalue weighted by Crippen LogP contribution is 2.43. The molecule has 3 N–H and O–H groups in total. The lowest BCUT2D eigenvalue weighted by atomic mass is 9.84. The molecular weight excluding hydrogens is 280 g/mol. The molecule has 0 fully saturated rings. The van der Waals surface area contributed by atoms with Gasteiger partial charge in [-0.05, 0) is 31.5 Å². The van der Waals surface area contributed by atoms with Crippen LogP contribution in [-0.2, 0) is 0 Å². The summed E-state index contributed by atoms with van der Waals surface area (Å²) in [6.07, 6.45) is 0. The van der Waals surface area contributed by atoms with Crippen molar-refractivity contribution in [3.8, 4) is 17.7 Å². The molecule has 0 radical (unpaired) electrons. The standard InChI is InChI=1S/C16H16N4O2/c1-3-21-11-6-4-5-10(7-11)14-12(8-17)15(18)22-16-13(14)9(2)19-20-16/h4-7,14H,3,18H2,1-2H3,(H,19,20)/t14-/m1/s1. The molecule has 6 nitrogen and oxygen atoms in total. The van der Waals surface area contributed by atoms with E-state index in [1.54, 1.807) is 0 Å². The van der Waals surface area contributed by atoms with E-state index in [0.717, 1.165) is 22.6 Å². The zero-order chi connectivity index (χ0) is 15.7. The molecule has 22 heavy (non-hydrogen) atoms. The molecule has 1 atom stereocenters. The molecule has 1 aliphatic heterocycles. The molecule has 2 heterocycles. The average molecular weight is 296 g/mol. The van der Waals surface area contributed by atoms with E-state index in [4.69, 9.17) is 15.2 Å². The number of rotatable bonds is 3. The van der Waals surface area contributed by atoms with Crippen LogP contribution in [0.1, 0.15) is 29.7 Å². The Bertz CT molecular complexity index is 786. The van der Waals surface area contributed by atoms with E-state index in [9.17, 15) is 5.26 Å². The Balaban J connectivity index is 2.16. The molecule has 1 aromatic heterocycles. The van der Waals surface area contributed by atoms with Gasteiger partial charge in [-0.3, -0.25) is 5.10 Å². The maximum absolute atomic E-state index is 9.49. The van der Waals surface area contributed by atoms with Crippen molar-refractivity contribution in [2.75, 3.05) is 6.61 Å². The molecule has 0 amide bonds. The summed E-state index contributed by atoms with van der Waals surface area (Å²) in [6.45, 7) is 4.40. The molecule has 0 saturated heterocycles. The molecule has 1 aromatic carbocycles. The largest absolute Gasteiger partial charge is 0.494 e. The molecule has 1 aliphatic rings. The summed E-state index contributed by atoms with van der Waals surface area (Å²) in [7, 11) is 0. The molecule has 112 valence electrons. The third-order valence-electron chi connectivity index (χ3n) is 3.63. The third-order valence-corrected chi connectivity index (χ3v) is 3.63. The number of nitrogens with two attached hydrogens (primary N) is 1. The van der Waals surface area contributed by atoms with E-state index >= 15 is 0 Å². The van der Waals surface area contributed by atoms with E-state index in [1.165, 1.54) is 0 Å². The van der Waals surface area contributed by atoms with E-state index < -0.39 is 0 Å². The summed E-state index contributed by atoms with van der Waals surface area (Å²) < 4.78 is 11.0. The monoisotopic (exact) mass is 296 g/mol. The first kappa shape index (κ1) is 14.0. The maximum Gasteiger partial charge on any atom is 0.244 e. The van der Waals surface area contributed by atoms with Crippen molar-refractivity contribution in [2.24, 2.45) is 5.73 Å². The normalized spacial score (nSPS) is 16.7. The van der Waals surface area contributed by atoms with Gasteiger partial charge in [-0.2, -0.15) is 5.26 Å². The van der Waals surface area contributed by atoms with Gasteiger partial charge in [0.05, 0.1) is 12.5 Å². The number of nitrogens with zero attached hydrogens (tertiary/aromatic N) is 2. The quantitative estimate of drug-likeness (QED) is 0.906. The summed E-state index contributed by atoms with van der Waals surface area (Å²) in [5, 5.41) is 16.5. The van der Waals surface area contributed by atoms with Gasteiger partial charge < -0.3 is 15.2 Å². The Morgan fingerprint density at radius 1 is 1.50 bits per heavy atom. The van der Waals surface area contributed by atoms with Crippen LogP contribution in [0, 0.1) is 18.3 Å². The zero-order valence-corrected chi connectivity index (χ0v) is 12.4. The number of H-pyrrole nitrogens is 1. The Kier molecular flexibility index (Phi) is 3.47. The van der Waals surface area contributed by atoms with Gasteiger partial charge >= 0.3 is 0 Å². The number of ether oxygens (including phenoxy) is 2. The second-order valence-electron chi connectivity index (χ2n) is 5.00. The lowest BCUT2D eigenvalue weighted by molar-refractivity contribution is 0.339. The van der Waals surface area contributed by atoms with Crippen LogP contribution in [0.5, 0.6) is 11.6 Å². The summed E-state index contributed by atoms with van der Waals surface area (Å²) in [5.41, 5.74) is 8.87. The Hall–Kier alpha value is -2.94. The van der Waals surface area contributed by atoms with E-state index in [1.807, 2.05) is 38.1 Å². The number of aryl methyl sites for hydroxylation is 1. The van der Waals surface area contributed by atoms with Gasteiger partial charge in [0.2, 0.25) is 11.8 Å². The average Bonchev–Trinajstić information content (AvgIpc) is 2.87. The topological polar surface area (TPSA) is 96.9 Å². The molecular formula is C16H16N4O2. The van der Waals surface area contributed by atoms with Crippen molar-refractivity contribution in [3.05, 3.63) is 52.5 Å². The van der Waals surface area contributed by atoms with Gasteiger partial charge in [-0.25, -0.2) is 0 Å². The number of allylic oxidation sites excluding steroid dienone is 1. The fraction of sp³-hybridized carbons (Fsp3) is 0.250. The van der Waals surface area contributed by atoms with Crippen molar-refractivity contribution in [3.63, 3.8) is 0 Å². The summed E-state index contributed by atoms with van der Waals surface area (Å²) in [5.74, 6) is 0.951. The van der Waals surface area contributed by atoms with Crippen LogP contribution in [0.4, 0.5) is 0 Å². The van der Waals surface area contributed by atoms with Crippen molar-refractivity contribution < 1.29 is 9.47 Å². The minimum Gasteiger partial charge on any atom is -0.494 e. The molecule has 0 bridgehead atoms. The predicted molar refractivity (Wildman–Crippen MR) is 80.2 cm³/mol. The first-order valence-electron chi connectivity index (χ1n) is 7.01. The van der Waals surface area contributed by atoms with Crippen molar-refractivity contribution in [1.29, 1.82) is 5.26 Å². The highest BCUT2D eigenvalue weighted by atomic mass is 16.5. The minimum atomic E-state index is -0.312. The molecule has 0 spiro atoms. The van der Waals surface area contributed by atoms with E-state index in [2.05, 4.69) is 16.3 Å². The molecule has 3 rings (SSSR count). The highest BCUT2D eigenvalue weighted by Gasteiger charge is 2.34. The Labute approximate surface area is 128 Å². The fourth-order valence-corrected chi connectivity index (χ4v) is 2.68. The number of nitrogens with one attached hydrogen (secondary N) is 1. The lowest BCUT2D eigenvalue weighted by Gasteiger charge is -2.23. The van der Waals surface area contributed by atoms with Gasteiger partial charge in [0.1, 0.15) is 17.4 Å². The number of nitriles is 1.